The smallest absolute Gasteiger partial charge is 0.326 e. The van der Waals surface area contributed by atoms with E-state index in [9.17, 15) is 24.3 Å². The number of alkyl halides is 2. The number of amides is 3. The van der Waals surface area contributed by atoms with Gasteiger partial charge in [-0.2, -0.15) is 0 Å². The van der Waals surface area contributed by atoms with Crippen molar-refractivity contribution < 1.29 is 24.3 Å². The standard InChI is InChI=1S/C30H36Cl2N4O5/c31-15-19-35(20-16-32)25-11-5-22(6-12-25)21-26(30(40)41)34-29(39)23-7-9-24(10-8-23)33-17-3-1-2-4-18-36-27(37)13-14-28(36)38/h5-14,26,33H,1-4,15-21H2,(H,34,39)(H,40,41). The molecule has 0 aliphatic carbocycles. The number of hydrogen-bond donors (Lipinski definition) is 3. The number of carboxylic acid groups (broad SMARTS) is 1. The van der Waals surface area contributed by atoms with Crippen LogP contribution in [-0.4, -0.2) is 77.7 Å². The number of imide groups is 1. The van der Waals surface area contributed by atoms with Crippen LogP contribution in [0, 0.1) is 0 Å². The fraction of sp³-hybridized carbons (Fsp3) is 0.400. The maximum atomic E-state index is 12.8. The summed E-state index contributed by atoms with van der Waals surface area (Å²) in [5.41, 5.74) is 2.96. The van der Waals surface area contributed by atoms with E-state index >= 15 is 0 Å². The number of nitrogens with one attached hydrogen (secondary N) is 2. The molecule has 11 heteroatoms. The molecular formula is C30H36Cl2N4O5. The Hall–Kier alpha value is -3.56. The first-order valence-corrected chi connectivity index (χ1v) is 14.8. The summed E-state index contributed by atoms with van der Waals surface area (Å²) in [7, 11) is 0. The Morgan fingerprint density at radius 1 is 0.854 bits per heavy atom. The number of halogens is 2. The molecule has 9 nitrogen and oxygen atoms in total. The Kier molecular flexibility index (Phi) is 13.0. The predicted molar refractivity (Wildman–Crippen MR) is 162 cm³/mol. The molecule has 1 atom stereocenters. The second-order valence-electron chi connectivity index (χ2n) is 9.68. The van der Waals surface area contributed by atoms with E-state index in [-0.39, 0.29) is 18.2 Å². The minimum absolute atomic E-state index is 0.146. The zero-order chi connectivity index (χ0) is 29.6. The van der Waals surface area contributed by atoms with E-state index in [2.05, 4.69) is 15.5 Å². The highest BCUT2D eigenvalue weighted by Gasteiger charge is 2.23. The van der Waals surface area contributed by atoms with Crippen LogP contribution >= 0.6 is 23.2 Å². The average Bonchev–Trinajstić information content (AvgIpc) is 3.29. The van der Waals surface area contributed by atoms with Gasteiger partial charge in [-0.05, 0) is 54.8 Å². The third-order valence-electron chi connectivity index (χ3n) is 6.74. The Morgan fingerprint density at radius 2 is 1.46 bits per heavy atom. The van der Waals surface area contributed by atoms with Crippen molar-refractivity contribution in [1.82, 2.24) is 10.2 Å². The summed E-state index contributed by atoms with van der Waals surface area (Å²) in [5.74, 6) is -1.12. The number of unbranched alkanes of at least 4 members (excludes halogenated alkanes) is 3. The number of rotatable bonds is 18. The molecule has 2 aromatic rings. The molecule has 1 heterocycles. The van der Waals surface area contributed by atoms with Gasteiger partial charge in [0.15, 0.2) is 0 Å². The Bertz CT molecular complexity index is 1180. The van der Waals surface area contributed by atoms with Crippen molar-refractivity contribution in [3.05, 3.63) is 71.8 Å². The first-order valence-electron chi connectivity index (χ1n) is 13.7. The van der Waals surface area contributed by atoms with Crippen molar-refractivity contribution in [3.63, 3.8) is 0 Å². The second kappa shape index (κ2) is 16.6. The Labute approximate surface area is 250 Å². The summed E-state index contributed by atoms with van der Waals surface area (Å²) < 4.78 is 0. The Morgan fingerprint density at radius 3 is 2.05 bits per heavy atom. The molecule has 0 saturated heterocycles. The van der Waals surface area contributed by atoms with Crippen molar-refractivity contribution in [2.75, 3.05) is 48.2 Å². The SMILES string of the molecule is O=C(NC(Cc1ccc(N(CCCl)CCCl)cc1)C(=O)O)c1ccc(NCCCCCCN2C(=O)C=CC2=O)cc1. The van der Waals surface area contributed by atoms with Crippen LogP contribution in [0.4, 0.5) is 11.4 Å². The molecule has 0 radical (unpaired) electrons. The number of benzene rings is 2. The van der Waals surface area contributed by atoms with Crippen LogP contribution in [-0.2, 0) is 20.8 Å². The molecule has 0 aromatic heterocycles. The van der Waals surface area contributed by atoms with E-state index in [0.717, 1.165) is 49.2 Å². The van der Waals surface area contributed by atoms with Gasteiger partial charge in [-0.3, -0.25) is 19.3 Å². The summed E-state index contributed by atoms with van der Waals surface area (Å²) >= 11 is 11.8. The van der Waals surface area contributed by atoms with Crippen LogP contribution in [0.15, 0.2) is 60.7 Å². The largest absolute Gasteiger partial charge is 0.480 e. The number of aliphatic carboxylic acids is 1. The molecule has 3 amide bonds. The summed E-state index contributed by atoms with van der Waals surface area (Å²) in [6.07, 6.45) is 6.30. The van der Waals surface area contributed by atoms with Gasteiger partial charge in [0.05, 0.1) is 0 Å². The van der Waals surface area contributed by atoms with Crippen LogP contribution in [0.2, 0.25) is 0 Å². The van der Waals surface area contributed by atoms with Gasteiger partial charge in [-0.1, -0.05) is 25.0 Å². The lowest BCUT2D eigenvalue weighted by molar-refractivity contribution is -0.139. The topological polar surface area (TPSA) is 119 Å². The summed E-state index contributed by atoms with van der Waals surface area (Å²) in [6, 6.07) is 13.3. The highest BCUT2D eigenvalue weighted by atomic mass is 35.5. The van der Waals surface area contributed by atoms with E-state index in [0.29, 0.717) is 37.0 Å². The van der Waals surface area contributed by atoms with E-state index < -0.39 is 17.9 Å². The van der Waals surface area contributed by atoms with Gasteiger partial charge in [-0.15, -0.1) is 23.2 Å². The summed E-state index contributed by atoms with van der Waals surface area (Å²) in [5, 5.41) is 15.6. The first-order chi connectivity index (χ1) is 19.8. The second-order valence-corrected chi connectivity index (χ2v) is 10.4. The third-order valence-corrected chi connectivity index (χ3v) is 7.08. The molecule has 0 saturated carbocycles. The summed E-state index contributed by atoms with van der Waals surface area (Å²) in [6.45, 7) is 2.49. The van der Waals surface area contributed by atoms with Crippen LogP contribution in [0.25, 0.3) is 0 Å². The van der Waals surface area contributed by atoms with Crippen molar-refractivity contribution in [2.24, 2.45) is 0 Å². The third kappa shape index (κ3) is 10.1. The average molecular weight is 604 g/mol. The van der Waals surface area contributed by atoms with Crippen molar-refractivity contribution in [3.8, 4) is 0 Å². The minimum atomic E-state index is -1.11. The maximum Gasteiger partial charge on any atom is 0.326 e. The number of carbonyl (C=O) groups is 4. The molecule has 3 rings (SSSR count). The van der Waals surface area contributed by atoms with Crippen molar-refractivity contribution >= 4 is 58.3 Å². The van der Waals surface area contributed by atoms with Crippen LogP contribution in [0.3, 0.4) is 0 Å². The van der Waals surface area contributed by atoms with Gasteiger partial charge in [-0.25, -0.2) is 4.79 Å². The summed E-state index contributed by atoms with van der Waals surface area (Å²) in [4.78, 5) is 51.1. The lowest BCUT2D eigenvalue weighted by Gasteiger charge is -2.23. The molecular weight excluding hydrogens is 567 g/mol. The minimum Gasteiger partial charge on any atom is -0.480 e. The molecule has 41 heavy (non-hydrogen) atoms. The van der Waals surface area contributed by atoms with E-state index in [1.807, 2.05) is 24.3 Å². The first kappa shape index (κ1) is 32.0. The number of hydrogen-bond acceptors (Lipinski definition) is 6. The zero-order valence-corrected chi connectivity index (χ0v) is 24.4. The van der Waals surface area contributed by atoms with Crippen LogP contribution < -0.4 is 15.5 Å². The molecule has 0 fully saturated rings. The lowest BCUT2D eigenvalue weighted by atomic mass is 10.0. The molecule has 2 aromatic carbocycles. The van der Waals surface area contributed by atoms with Gasteiger partial charge in [0.1, 0.15) is 6.04 Å². The van der Waals surface area contributed by atoms with E-state index in [1.165, 1.54) is 17.1 Å². The molecule has 220 valence electrons. The fourth-order valence-electron chi connectivity index (χ4n) is 4.47. The van der Waals surface area contributed by atoms with Crippen LogP contribution in [0.1, 0.15) is 41.6 Å². The number of carbonyl (C=O) groups excluding carboxylic acids is 3. The fourth-order valence-corrected chi connectivity index (χ4v) is 4.87. The zero-order valence-electron chi connectivity index (χ0n) is 22.9. The number of carboxylic acids is 1. The van der Waals surface area contributed by atoms with Gasteiger partial charge in [0.2, 0.25) is 0 Å². The predicted octanol–water partition coefficient (Wildman–Crippen LogP) is 4.29. The Balaban J connectivity index is 1.41. The number of nitrogens with zero attached hydrogens (tertiary/aromatic N) is 2. The maximum absolute atomic E-state index is 12.8. The molecule has 1 aliphatic rings. The van der Waals surface area contributed by atoms with Crippen LogP contribution in [0.5, 0.6) is 0 Å². The molecule has 0 spiro atoms. The van der Waals surface area contributed by atoms with Gasteiger partial charge < -0.3 is 20.6 Å². The highest BCUT2D eigenvalue weighted by molar-refractivity contribution is 6.18. The molecule has 1 aliphatic heterocycles. The van der Waals surface area contributed by atoms with E-state index in [4.69, 9.17) is 23.2 Å². The quantitative estimate of drug-likeness (QED) is 0.132. The van der Waals surface area contributed by atoms with E-state index in [1.54, 1.807) is 24.3 Å². The van der Waals surface area contributed by atoms with Crippen molar-refractivity contribution in [1.29, 1.82) is 0 Å². The normalized spacial score (nSPS) is 13.4. The lowest BCUT2D eigenvalue weighted by Crippen LogP contribution is -2.42. The molecule has 0 bridgehead atoms. The highest BCUT2D eigenvalue weighted by Crippen LogP contribution is 2.17. The van der Waals surface area contributed by atoms with Crippen molar-refractivity contribution in [2.45, 2.75) is 38.1 Å². The number of anilines is 2. The van der Waals surface area contributed by atoms with Gasteiger partial charge >= 0.3 is 5.97 Å². The molecule has 3 N–H and O–H groups in total. The van der Waals surface area contributed by atoms with Gasteiger partial charge in [0, 0.05) is 73.5 Å². The monoisotopic (exact) mass is 602 g/mol. The molecule has 1 unspecified atom stereocenters. The van der Waals surface area contributed by atoms with Gasteiger partial charge in [0.25, 0.3) is 17.7 Å².